The van der Waals surface area contributed by atoms with Gasteiger partial charge in [-0.1, -0.05) is 53.7 Å². The summed E-state index contributed by atoms with van der Waals surface area (Å²) in [6, 6.07) is 21.9. The summed E-state index contributed by atoms with van der Waals surface area (Å²) >= 11 is 0. The maximum atomic E-state index is 13.0. The Morgan fingerprint density at radius 3 is 2.55 bits per heavy atom. The number of pyridine rings is 2. The average Bonchev–Trinajstić information content (AvgIpc) is 3.36. The Hall–Kier alpha value is -4.59. The van der Waals surface area contributed by atoms with Gasteiger partial charge in [0.05, 0.1) is 11.1 Å². The highest BCUT2D eigenvalue weighted by molar-refractivity contribution is 5.93. The van der Waals surface area contributed by atoms with E-state index in [1.165, 1.54) is 10.6 Å². The van der Waals surface area contributed by atoms with Crippen molar-refractivity contribution in [2.45, 2.75) is 13.1 Å². The first-order chi connectivity index (χ1) is 16.2. The Bertz CT molecular complexity index is 1480. The van der Waals surface area contributed by atoms with E-state index in [2.05, 4.69) is 20.4 Å². The van der Waals surface area contributed by atoms with Crippen molar-refractivity contribution in [2.75, 3.05) is 0 Å². The molecule has 0 atom stereocenters. The molecule has 1 N–H and O–H groups in total. The molecule has 3 aromatic heterocycles. The monoisotopic (exact) mass is 437 g/mol. The first-order valence-electron chi connectivity index (χ1n) is 10.4. The number of rotatable bonds is 6. The van der Waals surface area contributed by atoms with Gasteiger partial charge >= 0.3 is 0 Å². The lowest BCUT2D eigenvalue weighted by molar-refractivity contribution is -0.121. The molecule has 8 nitrogen and oxygen atoms in total. The molecular formula is C25H19N5O3. The predicted molar refractivity (Wildman–Crippen MR) is 123 cm³/mol. The topological polar surface area (TPSA) is 103 Å². The maximum absolute atomic E-state index is 13.0. The van der Waals surface area contributed by atoms with Gasteiger partial charge in [-0.3, -0.25) is 19.1 Å². The minimum atomic E-state index is -0.331. The number of para-hydroxylation sites is 1. The maximum Gasteiger partial charge on any atom is 0.259 e. The quantitative estimate of drug-likeness (QED) is 0.437. The first kappa shape index (κ1) is 20.3. The summed E-state index contributed by atoms with van der Waals surface area (Å²) < 4.78 is 6.91. The molecule has 5 aromatic rings. The molecule has 3 heterocycles. The van der Waals surface area contributed by atoms with Crippen LogP contribution < -0.4 is 10.9 Å². The Kier molecular flexibility index (Phi) is 5.47. The van der Waals surface area contributed by atoms with Crippen molar-refractivity contribution in [1.82, 2.24) is 25.0 Å². The van der Waals surface area contributed by atoms with Crippen molar-refractivity contribution in [2.24, 2.45) is 0 Å². The summed E-state index contributed by atoms with van der Waals surface area (Å²) in [7, 11) is 0. The molecule has 162 valence electrons. The van der Waals surface area contributed by atoms with Gasteiger partial charge in [0, 0.05) is 36.0 Å². The number of nitrogens with zero attached hydrogens (tertiary/aromatic N) is 4. The largest absolute Gasteiger partial charge is 0.350 e. The number of aromatic nitrogens is 4. The van der Waals surface area contributed by atoms with E-state index in [-0.39, 0.29) is 23.9 Å². The average molecular weight is 437 g/mol. The number of amides is 1. The normalized spacial score (nSPS) is 10.9. The van der Waals surface area contributed by atoms with Crippen LogP contribution in [0.2, 0.25) is 0 Å². The lowest BCUT2D eigenvalue weighted by atomic mass is 10.1. The molecule has 0 spiro atoms. The molecule has 0 aliphatic heterocycles. The molecule has 5 rings (SSSR count). The van der Waals surface area contributed by atoms with Gasteiger partial charge in [-0.15, -0.1) is 0 Å². The molecule has 0 saturated carbocycles. The Labute approximate surface area is 188 Å². The zero-order valence-electron chi connectivity index (χ0n) is 17.5. The third-order valence-electron chi connectivity index (χ3n) is 5.25. The number of nitrogens with one attached hydrogen (secondary N) is 1. The molecule has 0 unspecified atom stereocenters. The smallest absolute Gasteiger partial charge is 0.259 e. The molecule has 1 amide bonds. The summed E-state index contributed by atoms with van der Waals surface area (Å²) in [6.07, 6.45) is 3.29. The van der Waals surface area contributed by atoms with Crippen LogP contribution in [0.25, 0.3) is 33.7 Å². The second-order valence-electron chi connectivity index (χ2n) is 7.42. The van der Waals surface area contributed by atoms with Crippen LogP contribution in [0.15, 0.2) is 94.5 Å². The van der Waals surface area contributed by atoms with E-state index in [1.54, 1.807) is 30.6 Å². The minimum Gasteiger partial charge on any atom is -0.350 e. The van der Waals surface area contributed by atoms with Crippen LogP contribution in [0, 0.1) is 0 Å². The van der Waals surface area contributed by atoms with Crippen LogP contribution in [0.4, 0.5) is 0 Å². The summed E-state index contributed by atoms with van der Waals surface area (Å²) in [4.78, 5) is 34.0. The highest BCUT2D eigenvalue weighted by atomic mass is 16.5. The van der Waals surface area contributed by atoms with Gasteiger partial charge in [0.1, 0.15) is 6.54 Å². The second-order valence-corrected chi connectivity index (χ2v) is 7.42. The van der Waals surface area contributed by atoms with Crippen molar-refractivity contribution in [1.29, 1.82) is 0 Å². The SMILES string of the molecule is O=C(Cn1c(=O)cc(-c2nc(-c3ccncc3)no2)c2ccccc21)NCc1ccccc1. The van der Waals surface area contributed by atoms with Gasteiger partial charge in [-0.2, -0.15) is 4.98 Å². The summed E-state index contributed by atoms with van der Waals surface area (Å²) in [5, 5.41) is 7.63. The third-order valence-corrected chi connectivity index (χ3v) is 5.25. The molecule has 8 heteroatoms. The molecule has 0 radical (unpaired) electrons. The van der Waals surface area contributed by atoms with E-state index in [0.29, 0.717) is 23.4 Å². The highest BCUT2D eigenvalue weighted by Crippen LogP contribution is 2.27. The van der Waals surface area contributed by atoms with Crippen molar-refractivity contribution in [3.8, 4) is 22.8 Å². The van der Waals surface area contributed by atoms with Crippen LogP contribution in [-0.2, 0) is 17.9 Å². The van der Waals surface area contributed by atoms with Gasteiger partial charge in [-0.25, -0.2) is 0 Å². The van der Waals surface area contributed by atoms with Crippen LogP contribution >= 0.6 is 0 Å². The number of carbonyl (C=O) groups is 1. The van der Waals surface area contributed by atoms with Crippen molar-refractivity contribution >= 4 is 16.8 Å². The fourth-order valence-corrected chi connectivity index (χ4v) is 3.62. The van der Waals surface area contributed by atoms with Crippen LogP contribution in [0.1, 0.15) is 5.56 Å². The van der Waals surface area contributed by atoms with E-state index in [0.717, 1.165) is 16.5 Å². The number of fused-ring (bicyclic) bond motifs is 1. The molecule has 2 aromatic carbocycles. The van der Waals surface area contributed by atoms with E-state index in [4.69, 9.17) is 4.52 Å². The lowest BCUT2D eigenvalue weighted by Gasteiger charge is -2.12. The standard InChI is InChI=1S/C25H19N5O3/c31-22(27-15-17-6-2-1-3-7-17)16-30-21-9-5-4-8-19(21)20(14-23(30)32)25-28-24(29-33-25)18-10-12-26-13-11-18/h1-14H,15-16H2,(H,27,31). The van der Waals surface area contributed by atoms with Crippen LogP contribution in [-0.4, -0.2) is 25.6 Å². The fraction of sp³-hybridized carbons (Fsp3) is 0.0800. The molecular weight excluding hydrogens is 418 g/mol. The fourth-order valence-electron chi connectivity index (χ4n) is 3.62. The van der Waals surface area contributed by atoms with Crippen molar-refractivity contribution < 1.29 is 9.32 Å². The lowest BCUT2D eigenvalue weighted by Crippen LogP contribution is -2.32. The van der Waals surface area contributed by atoms with Crippen molar-refractivity contribution in [3.63, 3.8) is 0 Å². The van der Waals surface area contributed by atoms with Gasteiger partial charge in [0.25, 0.3) is 11.4 Å². The Balaban J connectivity index is 1.46. The summed E-state index contributed by atoms with van der Waals surface area (Å²) in [5.74, 6) is 0.383. The van der Waals surface area contributed by atoms with E-state index in [1.807, 2.05) is 48.5 Å². The number of hydrogen-bond acceptors (Lipinski definition) is 6. The number of carbonyl (C=O) groups excluding carboxylic acids is 1. The molecule has 0 fully saturated rings. The third kappa shape index (κ3) is 4.27. The van der Waals surface area contributed by atoms with E-state index >= 15 is 0 Å². The van der Waals surface area contributed by atoms with Gasteiger partial charge < -0.3 is 9.84 Å². The van der Waals surface area contributed by atoms with Gasteiger partial charge in [-0.05, 0) is 23.8 Å². The number of hydrogen-bond donors (Lipinski definition) is 1. The summed E-state index contributed by atoms with van der Waals surface area (Å²) in [6.45, 7) is 0.294. The Morgan fingerprint density at radius 1 is 0.970 bits per heavy atom. The molecule has 0 saturated heterocycles. The summed E-state index contributed by atoms with van der Waals surface area (Å²) in [5.41, 5.74) is 2.54. The second kappa shape index (κ2) is 8.88. The zero-order valence-corrected chi connectivity index (χ0v) is 17.5. The Morgan fingerprint density at radius 2 is 1.73 bits per heavy atom. The minimum absolute atomic E-state index is 0.0987. The first-order valence-corrected chi connectivity index (χ1v) is 10.4. The van der Waals surface area contributed by atoms with Gasteiger partial charge in [0.15, 0.2) is 0 Å². The predicted octanol–water partition coefficient (Wildman–Crippen LogP) is 3.43. The van der Waals surface area contributed by atoms with E-state index < -0.39 is 0 Å². The van der Waals surface area contributed by atoms with Crippen LogP contribution in [0.3, 0.4) is 0 Å². The molecule has 0 aliphatic carbocycles. The van der Waals surface area contributed by atoms with Crippen LogP contribution in [0.5, 0.6) is 0 Å². The zero-order chi connectivity index (χ0) is 22.6. The van der Waals surface area contributed by atoms with Gasteiger partial charge in [0.2, 0.25) is 11.7 Å². The highest BCUT2D eigenvalue weighted by Gasteiger charge is 2.17. The molecule has 33 heavy (non-hydrogen) atoms. The van der Waals surface area contributed by atoms with Crippen molar-refractivity contribution in [3.05, 3.63) is 101 Å². The number of benzene rings is 2. The van der Waals surface area contributed by atoms with E-state index in [9.17, 15) is 9.59 Å². The molecule has 0 bridgehead atoms. The molecule has 0 aliphatic rings.